The first-order chi connectivity index (χ1) is 6.63. The molecule has 4 heteroatoms. The van der Waals surface area contributed by atoms with E-state index in [4.69, 9.17) is 9.47 Å². The maximum atomic E-state index is 10.5. The number of carbonyl (C=O) groups is 1. The number of aliphatic hydroxyl groups excluding tert-OH is 1. The van der Waals surface area contributed by atoms with E-state index in [0.29, 0.717) is 0 Å². The average molecular weight is 198 g/mol. The van der Waals surface area contributed by atoms with E-state index in [2.05, 4.69) is 6.58 Å². The molecule has 3 unspecified atom stereocenters. The second-order valence-corrected chi connectivity index (χ2v) is 3.05. The minimum absolute atomic E-state index is 0.170. The number of rotatable bonds is 3. The summed E-state index contributed by atoms with van der Waals surface area (Å²) in [5.74, 6) is -0.344. The van der Waals surface area contributed by atoms with E-state index in [1.54, 1.807) is 12.2 Å². The molecule has 1 aliphatic rings. The van der Waals surface area contributed by atoms with Crippen LogP contribution in [0, 0.1) is 0 Å². The van der Waals surface area contributed by atoms with E-state index < -0.39 is 12.2 Å². The average Bonchev–Trinajstić information content (AvgIpc) is 2.16. The lowest BCUT2D eigenvalue weighted by atomic mass is 10.1. The Labute approximate surface area is 82.8 Å². The third kappa shape index (κ3) is 2.97. The molecule has 0 spiro atoms. The lowest BCUT2D eigenvalue weighted by Crippen LogP contribution is -2.35. The van der Waals surface area contributed by atoms with Crippen molar-refractivity contribution in [2.75, 3.05) is 6.61 Å². The molecule has 1 N–H and O–H groups in total. The number of hydrogen-bond acceptors (Lipinski definition) is 4. The molecule has 0 saturated carbocycles. The van der Waals surface area contributed by atoms with E-state index in [0.717, 1.165) is 0 Å². The maximum absolute atomic E-state index is 10.5. The van der Waals surface area contributed by atoms with Crippen molar-refractivity contribution in [3.63, 3.8) is 0 Å². The van der Waals surface area contributed by atoms with Gasteiger partial charge in [-0.05, 0) is 0 Å². The predicted molar refractivity (Wildman–Crippen MR) is 50.6 cm³/mol. The van der Waals surface area contributed by atoms with Gasteiger partial charge in [-0.1, -0.05) is 18.2 Å². The molecule has 0 amide bonds. The molecular weight excluding hydrogens is 184 g/mol. The second-order valence-electron chi connectivity index (χ2n) is 3.05. The number of carbonyl (C=O) groups excluding carboxylic acids is 1. The van der Waals surface area contributed by atoms with Crippen LogP contribution in [0.3, 0.4) is 0 Å². The van der Waals surface area contributed by atoms with Gasteiger partial charge in [0.1, 0.15) is 24.9 Å². The normalized spacial score (nSPS) is 31.1. The van der Waals surface area contributed by atoms with Crippen molar-refractivity contribution in [2.45, 2.75) is 25.2 Å². The fourth-order valence-electron chi connectivity index (χ4n) is 1.16. The first kappa shape index (κ1) is 10.9. The fourth-order valence-corrected chi connectivity index (χ4v) is 1.16. The van der Waals surface area contributed by atoms with Gasteiger partial charge in [0, 0.05) is 6.92 Å². The fraction of sp³-hybridized carbons (Fsp3) is 0.500. The smallest absolute Gasteiger partial charge is 0.302 e. The third-order valence-electron chi connectivity index (χ3n) is 1.87. The largest absolute Gasteiger partial charge is 0.463 e. The molecule has 0 saturated heterocycles. The lowest BCUT2D eigenvalue weighted by Gasteiger charge is -2.26. The van der Waals surface area contributed by atoms with Gasteiger partial charge in [0.25, 0.3) is 0 Å². The summed E-state index contributed by atoms with van der Waals surface area (Å²) in [5, 5.41) is 9.37. The van der Waals surface area contributed by atoms with Gasteiger partial charge in [0.2, 0.25) is 0 Å². The monoisotopic (exact) mass is 198 g/mol. The van der Waals surface area contributed by atoms with E-state index in [-0.39, 0.29) is 18.7 Å². The van der Waals surface area contributed by atoms with Crippen molar-refractivity contribution in [1.82, 2.24) is 0 Å². The molecule has 0 radical (unpaired) electrons. The predicted octanol–water partition coefficient (Wildman–Crippen LogP) is 0.420. The van der Waals surface area contributed by atoms with Gasteiger partial charge in [0.05, 0.1) is 0 Å². The highest BCUT2D eigenvalue weighted by atomic mass is 16.6. The molecule has 14 heavy (non-hydrogen) atoms. The molecule has 1 heterocycles. The first-order valence-corrected chi connectivity index (χ1v) is 4.41. The maximum Gasteiger partial charge on any atom is 0.302 e. The Bertz CT molecular complexity index is 247. The van der Waals surface area contributed by atoms with E-state index in [1.807, 2.05) is 0 Å². The van der Waals surface area contributed by atoms with Crippen LogP contribution in [0.4, 0.5) is 0 Å². The van der Waals surface area contributed by atoms with Gasteiger partial charge in [-0.3, -0.25) is 4.79 Å². The summed E-state index contributed by atoms with van der Waals surface area (Å²) in [7, 11) is 0. The summed E-state index contributed by atoms with van der Waals surface area (Å²) in [5.41, 5.74) is 0. The highest BCUT2D eigenvalue weighted by Gasteiger charge is 2.23. The number of hydrogen-bond donors (Lipinski definition) is 1. The van der Waals surface area contributed by atoms with Gasteiger partial charge in [-0.2, -0.15) is 0 Å². The highest BCUT2D eigenvalue weighted by Crippen LogP contribution is 2.14. The van der Waals surface area contributed by atoms with Crippen molar-refractivity contribution in [3.05, 3.63) is 24.8 Å². The van der Waals surface area contributed by atoms with Gasteiger partial charge >= 0.3 is 5.97 Å². The second kappa shape index (κ2) is 4.93. The van der Waals surface area contributed by atoms with Crippen LogP contribution in [0.1, 0.15) is 6.92 Å². The molecule has 78 valence electrons. The molecule has 1 aliphatic heterocycles. The molecule has 0 aliphatic carbocycles. The number of aliphatic hydroxyl groups is 1. The SMILES string of the molecule is C=CC1OC(COC(C)=O)C=CC1O. The Kier molecular flexibility index (Phi) is 3.85. The zero-order valence-corrected chi connectivity index (χ0v) is 8.05. The Morgan fingerprint density at radius 2 is 2.43 bits per heavy atom. The Balaban J connectivity index is 2.45. The van der Waals surface area contributed by atoms with E-state index in [1.165, 1.54) is 13.0 Å². The van der Waals surface area contributed by atoms with E-state index in [9.17, 15) is 9.90 Å². The minimum atomic E-state index is -0.666. The molecule has 3 atom stereocenters. The van der Waals surface area contributed by atoms with Crippen molar-refractivity contribution < 1.29 is 19.4 Å². The van der Waals surface area contributed by atoms with Crippen molar-refractivity contribution in [3.8, 4) is 0 Å². The van der Waals surface area contributed by atoms with Crippen LogP contribution in [-0.2, 0) is 14.3 Å². The van der Waals surface area contributed by atoms with E-state index >= 15 is 0 Å². The van der Waals surface area contributed by atoms with Crippen LogP contribution >= 0.6 is 0 Å². The summed E-state index contributed by atoms with van der Waals surface area (Å²) in [6.07, 6.45) is 3.42. The van der Waals surface area contributed by atoms with Crippen molar-refractivity contribution in [2.24, 2.45) is 0 Å². The summed E-state index contributed by atoms with van der Waals surface area (Å²) >= 11 is 0. The molecule has 1 rings (SSSR count). The lowest BCUT2D eigenvalue weighted by molar-refractivity contribution is -0.146. The van der Waals surface area contributed by atoms with Crippen LogP contribution in [0.15, 0.2) is 24.8 Å². The first-order valence-electron chi connectivity index (χ1n) is 4.41. The van der Waals surface area contributed by atoms with Crippen LogP contribution in [-0.4, -0.2) is 36.0 Å². The van der Waals surface area contributed by atoms with Crippen molar-refractivity contribution in [1.29, 1.82) is 0 Å². The topological polar surface area (TPSA) is 55.8 Å². The van der Waals surface area contributed by atoms with Gasteiger partial charge in [-0.25, -0.2) is 0 Å². The standard InChI is InChI=1S/C10H14O4/c1-3-10-9(12)5-4-8(14-10)6-13-7(2)11/h3-5,8-10,12H,1,6H2,2H3. The highest BCUT2D eigenvalue weighted by molar-refractivity contribution is 5.65. The molecule has 0 aromatic rings. The Hall–Kier alpha value is -1.13. The zero-order valence-electron chi connectivity index (χ0n) is 8.05. The molecule has 0 aromatic carbocycles. The molecule has 0 aromatic heterocycles. The number of esters is 1. The quantitative estimate of drug-likeness (QED) is 0.527. The van der Waals surface area contributed by atoms with Crippen molar-refractivity contribution >= 4 is 5.97 Å². The minimum Gasteiger partial charge on any atom is -0.463 e. The van der Waals surface area contributed by atoms with Crippen LogP contribution in [0.25, 0.3) is 0 Å². The van der Waals surface area contributed by atoms with Crippen LogP contribution in [0.5, 0.6) is 0 Å². The number of ether oxygens (including phenoxy) is 2. The van der Waals surface area contributed by atoms with Gasteiger partial charge in [0.15, 0.2) is 0 Å². The summed E-state index contributed by atoms with van der Waals surface area (Å²) in [6, 6.07) is 0. The molecule has 4 nitrogen and oxygen atoms in total. The molecule has 0 fully saturated rings. The third-order valence-corrected chi connectivity index (χ3v) is 1.87. The van der Waals surface area contributed by atoms with Crippen LogP contribution < -0.4 is 0 Å². The molecule has 0 bridgehead atoms. The van der Waals surface area contributed by atoms with Gasteiger partial charge in [-0.15, -0.1) is 6.58 Å². The summed E-state index contributed by atoms with van der Waals surface area (Å²) in [4.78, 5) is 10.5. The summed E-state index contributed by atoms with van der Waals surface area (Å²) in [6.45, 7) is 5.05. The van der Waals surface area contributed by atoms with Crippen LogP contribution in [0.2, 0.25) is 0 Å². The Morgan fingerprint density at radius 1 is 1.71 bits per heavy atom. The zero-order chi connectivity index (χ0) is 10.6. The molecular formula is C10H14O4. The van der Waals surface area contributed by atoms with Gasteiger partial charge < -0.3 is 14.6 Å². The summed E-state index contributed by atoms with van der Waals surface area (Å²) < 4.78 is 10.1. The Morgan fingerprint density at radius 3 is 3.00 bits per heavy atom.